The zero-order valence-electron chi connectivity index (χ0n) is 11.4. The van der Waals surface area contributed by atoms with Gasteiger partial charge in [0.05, 0.1) is 0 Å². The quantitative estimate of drug-likeness (QED) is 0.821. The van der Waals surface area contributed by atoms with Crippen LogP contribution >= 0.6 is 0 Å². The molecular formula is C15H22N2O. The number of rotatable bonds is 3. The average Bonchev–Trinajstić information content (AvgIpc) is 2.39. The van der Waals surface area contributed by atoms with Crippen LogP contribution in [0.15, 0.2) is 18.2 Å². The van der Waals surface area contributed by atoms with Crippen molar-refractivity contribution in [3.05, 3.63) is 29.6 Å². The molecule has 0 radical (unpaired) electrons. The van der Waals surface area contributed by atoms with Crippen molar-refractivity contribution in [2.45, 2.75) is 45.4 Å². The van der Waals surface area contributed by atoms with Gasteiger partial charge in [-0.25, -0.2) is 0 Å². The Morgan fingerprint density at radius 1 is 1.39 bits per heavy atom. The number of hydrogen-bond acceptors (Lipinski definition) is 2. The van der Waals surface area contributed by atoms with Crippen LogP contribution in [-0.4, -0.2) is 28.9 Å². The fraction of sp³-hybridized carbons (Fsp3) is 0.600. The number of aryl methyl sites for hydroxylation is 1. The van der Waals surface area contributed by atoms with Crippen LogP contribution in [0.25, 0.3) is 0 Å². The Morgan fingerprint density at radius 2 is 2.11 bits per heavy atom. The number of amides is 1. The fourth-order valence-electron chi connectivity index (χ4n) is 2.59. The van der Waals surface area contributed by atoms with E-state index in [9.17, 15) is 4.79 Å². The first-order chi connectivity index (χ1) is 8.70. The van der Waals surface area contributed by atoms with E-state index in [4.69, 9.17) is 0 Å². The lowest BCUT2D eigenvalue weighted by Crippen LogP contribution is -2.37. The number of carbonyl (C=O) groups excluding carboxylic acids is 1. The van der Waals surface area contributed by atoms with Gasteiger partial charge in [-0.05, 0) is 38.3 Å². The van der Waals surface area contributed by atoms with Crippen molar-refractivity contribution in [3.8, 4) is 0 Å². The van der Waals surface area contributed by atoms with Gasteiger partial charge < -0.3 is 4.90 Å². The van der Waals surface area contributed by atoms with E-state index in [0.717, 1.165) is 38.0 Å². The summed E-state index contributed by atoms with van der Waals surface area (Å²) in [6.45, 7) is 5.86. The van der Waals surface area contributed by atoms with Crippen LogP contribution in [0.4, 0.5) is 0 Å². The molecule has 3 heteroatoms. The number of carbonyl (C=O) groups is 1. The van der Waals surface area contributed by atoms with Gasteiger partial charge in [0, 0.05) is 36.8 Å². The zero-order chi connectivity index (χ0) is 13.0. The minimum Gasteiger partial charge on any atom is -0.343 e. The summed E-state index contributed by atoms with van der Waals surface area (Å²) < 4.78 is 0. The van der Waals surface area contributed by atoms with Crippen molar-refractivity contribution < 1.29 is 4.79 Å². The summed E-state index contributed by atoms with van der Waals surface area (Å²) in [5.74, 6) is 0.837. The van der Waals surface area contributed by atoms with E-state index in [1.165, 1.54) is 5.69 Å². The second kappa shape index (κ2) is 5.98. The molecule has 0 aliphatic carbocycles. The Morgan fingerprint density at radius 3 is 2.72 bits per heavy atom. The van der Waals surface area contributed by atoms with Gasteiger partial charge in [-0.1, -0.05) is 13.0 Å². The summed E-state index contributed by atoms with van der Waals surface area (Å²) in [7, 11) is 0. The van der Waals surface area contributed by atoms with E-state index >= 15 is 0 Å². The maximum Gasteiger partial charge on any atom is 0.222 e. The summed E-state index contributed by atoms with van der Waals surface area (Å²) in [5.41, 5.74) is 2.27. The van der Waals surface area contributed by atoms with Crippen LogP contribution in [0.1, 0.15) is 49.9 Å². The lowest BCUT2D eigenvalue weighted by Gasteiger charge is -2.31. The van der Waals surface area contributed by atoms with E-state index in [1.807, 2.05) is 17.9 Å². The van der Waals surface area contributed by atoms with E-state index < -0.39 is 0 Å². The standard InChI is InChI=1S/C15H22N2O/c1-3-5-15(18)17-10-8-13(9-11-17)14-7-4-6-12(2)16-14/h4,6-7,13H,3,5,8-11H2,1-2H3. The lowest BCUT2D eigenvalue weighted by molar-refractivity contribution is -0.132. The van der Waals surface area contributed by atoms with Gasteiger partial charge in [0.15, 0.2) is 0 Å². The first kappa shape index (κ1) is 13.1. The van der Waals surface area contributed by atoms with E-state index in [-0.39, 0.29) is 0 Å². The molecule has 18 heavy (non-hydrogen) atoms. The maximum atomic E-state index is 11.8. The van der Waals surface area contributed by atoms with Gasteiger partial charge in [0.25, 0.3) is 0 Å². The molecule has 3 nitrogen and oxygen atoms in total. The number of nitrogens with zero attached hydrogens (tertiary/aromatic N) is 2. The highest BCUT2D eigenvalue weighted by atomic mass is 16.2. The zero-order valence-corrected chi connectivity index (χ0v) is 11.4. The van der Waals surface area contributed by atoms with Crippen molar-refractivity contribution in [2.24, 2.45) is 0 Å². The first-order valence-corrected chi connectivity index (χ1v) is 6.92. The SMILES string of the molecule is CCCC(=O)N1CCC(c2cccc(C)n2)CC1. The third kappa shape index (κ3) is 3.09. The minimum atomic E-state index is 0.313. The Labute approximate surface area is 109 Å². The second-order valence-electron chi connectivity index (χ2n) is 5.11. The number of piperidine rings is 1. The minimum absolute atomic E-state index is 0.313. The molecule has 0 aromatic carbocycles. The number of aromatic nitrogens is 1. The van der Waals surface area contributed by atoms with Gasteiger partial charge in [0.1, 0.15) is 0 Å². The first-order valence-electron chi connectivity index (χ1n) is 6.92. The van der Waals surface area contributed by atoms with Gasteiger partial charge in [-0.3, -0.25) is 9.78 Å². The van der Waals surface area contributed by atoms with Gasteiger partial charge in [-0.2, -0.15) is 0 Å². The lowest BCUT2D eigenvalue weighted by atomic mass is 9.92. The molecular weight excluding hydrogens is 224 g/mol. The normalized spacial score (nSPS) is 16.9. The van der Waals surface area contributed by atoms with Crippen molar-refractivity contribution in [1.82, 2.24) is 9.88 Å². The van der Waals surface area contributed by atoms with Crippen molar-refractivity contribution in [2.75, 3.05) is 13.1 Å². The Balaban J connectivity index is 1.92. The number of likely N-dealkylation sites (tertiary alicyclic amines) is 1. The topological polar surface area (TPSA) is 33.2 Å². The van der Waals surface area contributed by atoms with Gasteiger partial charge in [0.2, 0.25) is 5.91 Å². The smallest absolute Gasteiger partial charge is 0.222 e. The molecule has 1 fully saturated rings. The van der Waals surface area contributed by atoms with Crippen LogP contribution in [-0.2, 0) is 4.79 Å². The molecule has 1 amide bonds. The molecule has 1 aliphatic heterocycles. The largest absolute Gasteiger partial charge is 0.343 e. The Kier molecular flexibility index (Phi) is 4.34. The van der Waals surface area contributed by atoms with E-state index in [0.29, 0.717) is 18.2 Å². The second-order valence-corrected chi connectivity index (χ2v) is 5.11. The molecule has 0 unspecified atom stereocenters. The van der Waals surface area contributed by atoms with Crippen LogP contribution in [0.5, 0.6) is 0 Å². The van der Waals surface area contributed by atoms with Crippen molar-refractivity contribution >= 4 is 5.91 Å². The monoisotopic (exact) mass is 246 g/mol. The molecule has 98 valence electrons. The highest BCUT2D eigenvalue weighted by molar-refractivity contribution is 5.76. The highest BCUT2D eigenvalue weighted by Gasteiger charge is 2.23. The van der Waals surface area contributed by atoms with Crippen molar-refractivity contribution in [3.63, 3.8) is 0 Å². The van der Waals surface area contributed by atoms with Crippen molar-refractivity contribution in [1.29, 1.82) is 0 Å². The number of hydrogen-bond donors (Lipinski definition) is 0. The Bertz CT molecular complexity index is 409. The maximum absolute atomic E-state index is 11.8. The molecule has 0 atom stereocenters. The molecule has 0 saturated carbocycles. The molecule has 1 aliphatic rings. The summed E-state index contributed by atoms with van der Waals surface area (Å²) in [5, 5.41) is 0. The predicted octanol–water partition coefficient (Wildman–Crippen LogP) is 2.90. The molecule has 1 aromatic heterocycles. The van der Waals surface area contributed by atoms with E-state index in [1.54, 1.807) is 0 Å². The average molecular weight is 246 g/mol. The molecule has 2 heterocycles. The third-order valence-corrected chi connectivity index (χ3v) is 3.64. The summed E-state index contributed by atoms with van der Waals surface area (Å²) in [6.07, 6.45) is 3.73. The van der Waals surface area contributed by atoms with Gasteiger partial charge in [-0.15, -0.1) is 0 Å². The third-order valence-electron chi connectivity index (χ3n) is 3.64. The van der Waals surface area contributed by atoms with Crippen LogP contribution < -0.4 is 0 Å². The van der Waals surface area contributed by atoms with Crippen LogP contribution in [0, 0.1) is 6.92 Å². The Hall–Kier alpha value is -1.38. The van der Waals surface area contributed by atoms with Crippen LogP contribution in [0.2, 0.25) is 0 Å². The molecule has 1 aromatic rings. The molecule has 0 bridgehead atoms. The highest BCUT2D eigenvalue weighted by Crippen LogP contribution is 2.27. The molecule has 2 rings (SSSR count). The van der Waals surface area contributed by atoms with Gasteiger partial charge >= 0.3 is 0 Å². The summed E-state index contributed by atoms with van der Waals surface area (Å²) in [4.78, 5) is 18.4. The fourth-order valence-corrected chi connectivity index (χ4v) is 2.59. The summed E-state index contributed by atoms with van der Waals surface area (Å²) >= 11 is 0. The molecule has 1 saturated heterocycles. The number of pyridine rings is 1. The molecule has 0 N–H and O–H groups in total. The summed E-state index contributed by atoms with van der Waals surface area (Å²) in [6, 6.07) is 6.22. The van der Waals surface area contributed by atoms with Crippen LogP contribution in [0.3, 0.4) is 0 Å². The predicted molar refractivity (Wildman–Crippen MR) is 72.4 cm³/mol. The van der Waals surface area contributed by atoms with E-state index in [2.05, 4.69) is 24.0 Å². The molecule has 0 spiro atoms.